The molecular formula is C18H15N3O2S. The summed E-state index contributed by atoms with van der Waals surface area (Å²) in [5.74, 6) is 3.06. The van der Waals surface area contributed by atoms with Crippen LogP contribution < -0.4 is 10.3 Å². The molecule has 0 radical (unpaired) electrons. The zero-order valence-corrected chi connectivity index (χ0v) is 13.9. The number of H-pyrrole nitrogens is 1. The van der Waals surface area contributed by atoms with Crippen molar-refractivity contribution in [3.63, 3.8) is 0 Å². The molecule has 0 aliphatic heterocycles. The predicted octanol–water partition coefficient (Wildman–Crippen LogP) is 2.77. The molecule has 1 N–H and O–H groups in total. The highest BCUT2D eigenvalue weighted by atomic mass is 32.2. The molecule has 0 saturated carbocycles. The summed E-state index contributed by atoms with van der Waals surface area (Å²) in [6.07, 6.45) is 9.33. The van der Waals surface area contributed by atoms with Crippen LogP contribution >= 0.6 is 11.8 Å². The number of hydrogen-bond donors (Lipinski definition) is 1. The van der Waals surface area contributed by atoms with Crippen LogP contribution in [0.3, 0.4) is 0 Å². The number of thioether (sulfide) groups is 1. The lowest BCUT2D eigenvalue weighted by atomic mass is 10.0. The average Bonchev–Trinajstić information content (AvgIpc) is 2.60. The summed E-state index contributed by atoms with van der Waals surface area (Å²) >= 11 is 1.30. The molecule has 0 spiro atoms. The molecule has 2 aromatic rings. The topological polar surface area (TPSA) is 78.8 Å². The third-order valence-electron chi connectivity index (χ3n) is 3.21. The molecule has 5 nitrogen and oxygen atoms in total. The highest BCUT2D eigenvalue weighted by Crippen LogP contribution is 2.28. The highest BCUT2D eigenvalue weighted by Gasteiger charge is 2.15. The number of aromatic nitrogens is 2. The molecule has 1 heterocycles. The van der Waals surface area contributed by atoms with Crippen molar-refractivity contribution in [2.45, 2.75) is 11.6 Å². The van der Waals surface area contributed by atoms with Gasteiger partial charge >= 0.3 is 0 Å². The zero-order valence-electron chi connectivity index (χ0n) is 13.1. The van der Waals surface area contributed by atoms with Gasteiger partial charge in [0.1, 0.15) is 24.0 Å². The van der Waals surface area contributed by atoms with E-state index in [0.29, 0.717) is 28.6 Å². The Bertz CT molecular complexity index is 904. The number of ether oxygens (including phenoxy) is 1. The number of rotatable bonds is 6. The third kappa shape index (κ3) is 3.68. The summed E-state index contributed by atoms with van der Waals surface area (Å²) in [4.78, 5) is 19.0. The van der Waals surface area contributed by atoms with Crippen LogP contribution in [0.25, 0.3) is 11.3 Å². The first kappa shape index (κ1) is 17.4. The molecular weight excluding hydrogens is 322 g/mol. The van der Waals surface area contributed by atoms with Crippen LogP contribution in [0.1, 0.15) is 11.1 Å². The zero-order chi connectivity index (χ0) is 17.5. The molecule has 0 fully saturated rings. The number of nitriles is 1. The first-order chi connectivity index (χ1) is 11.6. The second-order valence-corrected chi connectivity index (χ2v) is 5.51. The molecule has 1 aromatic carbocycles. The maximum absolute atomic E-state index is 12.0. The molecule has 1 aromatic heterocycles. The van der Waals surface area contributed by atoms with Crippen LogP contribution in [0.4, 0.5) is 0 Å². The fourth-order valence-corrected chi connectivity index (χ4v) is 2.54. The number of hydrogen-bond acceptors (Lipinski definition) is 5. The van der Waals surface area contributed by atoms with Crippen molar-refractivity contribution < 1.29 is 4.74 Å². The largest absolute Gasteiger partial charge is 0.481 e. The van der Waals surface area contributed by atoms with Crippen molar-refractivity contribution in [2.24, 2.45) is 0 Å². The van der Waals surface area contributed by atoms with E-state index < -0.39 is 5.56 Å². The molecule has 0 bridgehead atoms. The van der Waals surface area contributed by atoms with Crippen LogP contribution in [-0.4, -0.2) is 22.8 Å². The summed E-state index contributed by atoms with van der Waals surface area (Å²) < 4.78 is 5.51. The van der Waals surface area contributed by atoms with Gasteiger partial charge in [0, 0.05) is 5.56 Å². The van der Waals surface area contributed by atoms with E-state index in [-0.39, 0.29) is 12.2 Å². The number of nitrogens with one attached hydrogen (secondary N) is 1. The first-order valence-corrected chi connectivity index (χ1v) is 8.26. The second-order valence-electron chi connectivity index (χ2n) is 4.72. The first-order valence-electron chi connectivity index (χ1n) is 7.03. The second kappa shape index (κ2) is 8.05. The van der Waals surface area contributed by atoms with Gasteiger partial charge in [-0.15, -0.1) is 13.0 Å². The van der Waals surface area contributed by atoms with E-state index in [2.05, 4.69) is 22.5 Å². The predicted molar refractivity (Wildman–Crippen MR) is 95.0 cm³/mol. The van der Waals surface area contributed by atoms with Gasteiger partial charge in [0.25, 0.3) is 5.56 Å². The van der Waals surface area contributed by atoms with E-state index in [4.69, 9.17) is 11.2 Å². The molecule has 0 saturated heterocycles. The van der Waals surface area contributed by atoms with E-state index in [1.54, 1.807) is 24.5 Å². The van der Waals surface area contributed by atoms with Crippen molar-refractivity contribution >= 4 is 11.8 Å². The Kier molecular flexibility index (Phi) is 5.83. The monoisotopic (exact) mass is 337 g/mol. The maximum Gasteiger partial charge on any atom is 0.270 e. The molecule has 24 heavy (non-hydrogen) atoms. The van der Waals surface area contributed by atoms with Crippen LogP contribution in [0.2, 0.25) is 0 Å². The smallest absolute Gasteiger partial charge is 0.270 e. The van der Waals surface area contributed by atoms with Crippen molar-refractivity contribution in [1.29, 1.82) is 5.26 Å². The van der Waals surface area contributed by atoms with Gasteiger partial charge in [-0.1, -0.05) is 23.8 Å². The molecule has 0 aliphatic carbocycles. The van der Waals surface area contributed by atoms with Crippen LogP contribution in [0.15, 0.2) is 40.8 Å². The maximum atomic E-state index is 12.0. The lowest BCUT2D eigenvalue weighted by molar-refractivity contribution is 0.367. The lowest BCUT2D eigenvalue weighted by Gasteiger charge is -2.11. The van der Waals surface area contributed by atoms with Gasteiger partial charge in [-0.25, -0.2) is 4.98 Å². The Morgan fingerprint density at radius 2 is 2.33 bits per heavy atom. The average molecular weight is 337 g/mol. The van der Waals surface area contributed by atoms with E-state index in [1.165, 1.54) is 11.8 Å². The SMILES string of the molecule is C#CCOc1ccc(-c2nc(SC)[nH]c(=O)c2C#N)cc1CC=C. The molecule has 0 aliphatic rings. The van der Waals surface area contributed by atoms with E-state index in [1.807, 2.05) is 12.1 Å². The fraction of sp³-hybridized carbons (Fsp3) is 0.167. The van der Waals surface area contributed by atoms with Crippen LogP contribution in [0.5, 0.6) is 5.75 Å². The van der Waals surface area contributed by atoms with E-state index in [0.717, 1.165) is 5.56 Å². The quantitative estimate of drug-likeness (QED) is 0.379. The minimum atomic E-state index is -0.454. The number of aromatic amines is 1. The van der Waals surface area contributed by atoms with Gasteiger partial charge in [0.15, 0.2) is 5.16 Å². The number of terminal acetylenes is 1. The fourth-order valence-electron chi connectivity index (χ4n) is 2.16. The number of allylic oxidation sites excluding steroid dienone is 1. The minimum Gasteiger partial charge on any atom is -0.481 e. The molecule has 120 valence electrons. The van der Waals surface area contributed by atoms with Crippen molar-refractivity contribution in [3.8, 4) is 35.4 Å². The Morgan fingerprint density at radius 1 is 1.54 bits per heavy atom. The van der Waals surface area contributed by atoms with Gasteiger partial charge in [-0.05, 0) is 36.4 Å². The van der Waals surface area contributed by atoms with Gasteiger partial charge in [0.2, 0.25) is 0 Å². The molecule has 0 amide bonds. The summed E-state index contributed by atoms with van der Waals surface area (Å²) in [6, 6.07) is 7.27. The number of benzene rings is 1. The lowest BCUT2D eigenvalue weighted by Crippen LogP contribution is -2.14. The van der Waals surface area contributed by atoms with Crippen LogP contribution in [-0.2, 0) is 6.42 Å². The van der Waals surface area contributed by atoms with Gasteiger partial charge < -0.3 is 9.72 Å². The summed E-state index contributed by atoms with van der Waals surface area (Å²) in [7, 11) is 0. The molecule has 0 unspecified atom stereocenters. The van der Waals surface area contributed by atoms with E-state index in [9.17, 15) is 10.1 Å². The van der Waals surface area contributed by atoms with Crippen molar-refractivity contribution in [3.05, 3.63) is 52.3 Å². The molecule has 0 atom stereocenters. The Balaban J connectivity index is 2.61. The van der Waals surface area contributed by atoms with Crippen molar-refractivity contribution in [1.82, 2.24) is 9.97 Å². The van der Waals surface area contributed by atoms with Gasteiger partial charge in [-0.2, -0.15) is 5.26 Å². The molecule has 6 heteroatoms. The normalized spacial score (nSPS) is 9.79. The van der Waals surface area contributed by atoms with E-state index >= 15 is 0 Å². The Labute approximate surface area is 144 Å². The standard InChI is InChI=1S/C18H15N3O2S/c1-4-6-12-10-13(7-8-15(12)23-9-5-2)16-14(11-19)17(22)21-18(20-16)24-3/h2,4,7-8,10H,1,6,9H2,3H3,(H,20,21,22). The molecule has 2 rings (SSSR count). The summed E-state index contributed by atoms with van der Waals surface area (Å²) in [6.45, 7) is 3.89. The summed E-state index contributed by atoms with van der Waals surface area (Å²) in [5, 5.41) is 9.74. The van der Waals surface area contributed by atoms with Crippen LogP contribution in [0, 0.1) is 23.7 Å². The van der Waals surface area contributed by atoms with Gasteiger partial charge in [0.05, 0.1) is 5.69 Å². The number of nitrogens with zero attached hydrogens (tertiary/aromatic N) is 2. The minimum absolute atomic E-state index is 0.0188. The summed E-state index contributed by atoms with van der Waals surface area (Å²) in [5.41, 5.74) is 1.39. The Hall–Kier alpha value is -2.96. The Morgan fingerprint density at radius 3 is 2.96 bits per heavy atom. The highest BCUT2D eigenvalue weighted by molar-refractivity contribution is 7.98. The van der Waals surface area contributed by atoms with Gasteiger partial charge in [-0.3, -0.25) is 4.79 Å². The van der Waals surface area contributed by atoms with Crippen molar-refractivity contribution in [2.75, 3.05) is 12.9 Å². The third-order valence-corrected chi connectivity index (χ3v) is 3.79.